The van der Waals surface area contributed by atoms with Gasteiger partial charge in [0.2, 0.25) is 0 Å². The van der Waals surface area contributed by atoms with Gasteiger partial charge >= 0.3 is 11.9 Å². The average Bonchev–Trinajstić information content (AvgIpc) is 3.57. The number of likely N-dealkylation sites (N-methyl/N-ethyl adjacent to an activating group) is 1. The van der Waals surface area contributed by atoms with Crippen LogP contribution in [0.2, 0.25) is 0 Å². The number of hydrogen-bond acceptors (Lipinski definition) is 8. The van der Waals surface area contributed by atoms with Crippen LogP contribution in [0.1, 0.15) is 425 Å². The smallest absolute Gasteiger partial charge is 0.306 e. The molecule has 0 aromatic carbocycles. The Morgan fingerprint density at radius 1 is 0.341 bits per heavy atom. The molecule has 0 N–H and O–H groups in total. The zero-order valence-corrected chi connectivity index (χ0v) is 60.9. The second kappa shape index (κ2) is 70.1. The summed E-state index contributed by atoms with van der Waals surface area (Å²) in [4.78, 5) is 38.1. The largest absolute Gasteiger partial charge is 0.756 e. The molecule has 0 aromatic rings. The molecule has 0 saturated carbocycles. The molecular weight excluding hydrogens is 1110 g/mol. The van der Waals surface area contributed by atoms with Crippen LogP contribution < -0.4 is 4.89 Å². The van der Waals surface area contributed by atoms with Crippen molar-refractivity contribution in [3.8, 4) is 0 Å². The molecule has 88 heavy (non-hydrogen) atoms. The van der Waals surface area contributed by atoms with Crippen molar-refractivity contribution in [1.29, 1.82) is 0 Å². The van der Waals surface area contributed by atoms with E-state index in [1.165, 1.54) is 360 Å². The van der Waals surface area contributed by atoms with Crippen molar-refractivity contribution in [3.05, 3.63) is 12.2 Å². The number of carbonyl (C=O) groups is 2. The fraction of sp³-hybridized carbons (Fsp3) is 0.949. The molecule has 2 atom stereocenters. The number of ether oxygens (including phenoxy) is 2. The van der Waals surface area contributed by atoms with Crippen LogP contribution in [-0.4, -0.2) is 70.0 Å². The van der Waals surface area contributed by atoms with Crippen LogP contribution in [0, 0.1) is 0 Å². The molecule has 0 aromatic heterocycles. The lowest BCUT2D eigenvalue weighted by Gasteiger charge is -2.28. The molecular formula is C78H154NO8P. The van der Waals surface area contributed by atoms with Crippen LogP contribution in [-0.2, 0) is 32.7 Å². The lowest BCUT2D eigenvalue weighted by atomic mass is 10.0. The summed E-state index contributed by atoms with van der Waals surface area (Å²) in [5, 5.41) is 0. The van der Waals surface area contributed by atoms with Crippen molar-refractivity contribution >= 4 is 19.8 Å². The van der Waals surface area contributed by atoms with Crippen molar-refractivity contribution in [2.75, 3.05) is 47.5 Å². The van der Waals surface area contributed by atoms with Crippen LogP contribution in [0.25, 0.3) is 0 Å². The first-order valence-corrected chi connectivity index (χ1v) is 40.9. The highest BCUT2D eigenvalue weighted by molar-refractivity contribution is 7.45. The Morgan fingerprint density at radius 2 is 0.580 bits per heavy atom. The van der Waals surface area contributed by atoms with Crippen molar-refractivity contribution < 1.29 is 42.1 Å². The Morgan fingerprint density at radius 3 is 0.841 bits per heavy atom. The summed E-state index contributed by atoms with van der Waals surface area (Å²) >= 11 is 0. The summed E-state index contributed by atoms with van der Waals surface area (Å²) in [6.07, 6.45) is 87.7. The zero-order chi connectivity index (χ0) is 64.1. The lowest BCUT2D eigenvalue weighted by Crippen LogP contribution is -2.37. The molecule has 0 amide bonds. The first-order chi connectivity index (χ1) is 43.0. The van der Waals surface area contributed by atoms with Crippen LogP contribution in [0.15, 0.2) is 12.2 Å². The molecule has 9 nitrogen and oxygen atoms in total. The van der Waals surface area contributed by atoms with Gasteiger partial charge in [0.05, 0.1) is 27.7 Å². The van der Waals surface area contributed by atoms with Crippen molar-refractivity contribution in [2.45, 2.75) is 431 Å². The summed E-state index contributed by atoms with van der Waals surface area (Å²) in [5.74, 6) is -0.803. The van der Waals surface area contributed by atoms with E-state index in [0.717, 1.165) is 32.1 Å². The highest BCUT2D eigenvalue weighted by atomic mass is 31.2. The van der Waals surface area contributed by atoms with Gasteiger partial charge in [0.15, 0.2) is 6.10 Å². The maximum atomic E-state index is 12.9. The number of rotatable bonds is 75. The van der Waals surface area contributed by atoms with E-state index in [4.69, 9.17) is 18.5 Å². The second-order valence-electron chi connectivity index (χ2n) is 28.4. The average molecular weight is 1270 g/mol. The Bertz CT molecular complexity index is 1490. The van der Waals surface area contributed by atoms with Gasteiger partial charge in [-0.15, -0.1) is 0 Å². The van der Waals surface area contributed by atoms with Gasteiger partial charge in [-0.2, -0.15) is 0 Å². The quantitative estimate of drug-likeness (QED) is 0.0195. The van der Waals surface area contributed by atoms with E-state index in [0.29, 0.717) is 17.4 Å². The van der Waals surface area contributed by atoms with E-state index in [9.17, 15) is 19.0 Å². The number of unbranched alkanes of at least 4 members (excludes halogenated alkanes) is 59. The van der Waals surface area contributed by atoms with Gasteiger partial charge in [-0.25, -0.2) is 0 Å². The standard InChI is InChI=1S/C78H154NO8P/c1-6-8-10-12-14-16-18-20-22-24-26-28-30-32-34-36-37-38-39-40-41-43-45-47-49-51-53-55-57-59-61-63-65-67-69-71-78(81)87-76(75-86-88(82,83)85-73-72-79(3,4)5)74-84-77(80)70-68-66-64-62-60-58-56-54-52-50-48-46-44-42-35-33-31-29-27-25-23-21-19-17-15-13-11-9-7-2/h24,26,76H,6-23,25,27-75H2,1-5H3/b26-24-. The maximum absolute atomic E-state index is 12.9. The topological polar surface area (TPSA) is 111 Å². The minimum Gasteiger partial charge on any atom is -0.756 e. The number of carbonyl (C=O) groups excluding carboxylic acids is 2. The van der Waals surface area contributed by atoms with Crippen molar-refractivity contribution in [1.82, 2.24) is 0 Å². The van der Waals surface area contributed by atoms with Gasteiger partial charge in [0.1, 0.15) is 19.8 Å². The first kappa shape index (κ1) is 86.8. The third kappa shape index (κ3) is 73.8. The molecule has 0 aliphatic carbocycles. The van der Waals surface area contributed by atoms with Gasteiger partial charge in [-0.1, -0.05) is 386 Å². The number of nitrogens with zero attached hydrogens (tertiary/aromatic N) is 1. The van der Waals surface area contributed by atoms with Crippen LogP contribution >= 0.6 is 7.82 Å². The third-order valence-electron chi connectivity index (χ3n) is 18.3. The minimum absolute atomic E-state index is 0.0255. The fourth-order valence-corrected chi connectivity index (χ4v) is 13.0. The van der Waals surface area contributed by atoms with Crippen LogP contribution in [0.5, 0.6) is 0 Å². The van der Waals surface area contributed by atoms with E-state index in [1.807, 2.05) is 21.1 Å². The maximum Gasteiger partial charge on any atom is 0.306 e. The predicted octanol–water partition coefficient (Wildman–Crippen LogP) is 25.2. The highest BCUT2D eigenvalue weighted by Gasteiger charge is 2.22. The molecule has 0 bridgehead atoms. The Balaban J connectivity index is 3.90. The Hall–Kier alpha value is -1.25. The summed E-state index contributed by atoms with van der Waals surface area (Å²) < 4.78 is 34.4. The van der Waals surface area contributed by atoms with E-state index in [-0.39, 0.29) is 32.0 Å². The number of quaternary nitrogens is 1. The van der Waals surface area contributed by atoms with Crippen molar-refractivity contribution in [2.24, 2.45) is 0 Å². The third-order valence-corrected chi connectivity index (χ3v) is 19.2. The van der Waals surface area contributed by atoms with E-state index in [1.54, 1.807) is 0 Å². The number of esters is 2. The van der Waals surface area contributed by atoms with Crippen LogP contribution in [0.3, 0.4) is 0 Å². The number of phosphoric ester groups is 1. The van der Waals surface area contributed by atoms with Gasteiger partial charge in [-0.05, 0) is 38.5 Å². The molecule has 10 heteroatoms. The van der Waals surface area contributed by atoms with Gasteiger partial charge in [0, 0.05) is 12.8 Å². The molecule has 0 heterocycles. The van der Waals surface area contributed by atoms with Crippen LogP contribution in [0.4, 0.5) is 0 Å². The Labute approximate surface area is 549 Å². The second-order valence-corrected chi connectivity index (χ2v) is 29.9. The zero-order valence-electron chi connectivity index (χ0n) is 60.0. The number of hydrogen-bond donors (Lipinski definition) is 0. The fourth-order valence-electron chi connectivity index (χ4n) is 12.2. The van der Waals surface area contributed by atoms with Crippen molar-refractivity contribution in [3.63, 3.8) is 0 Å². The molecule has 0 spiro atoms. The monoisotopic (exact) mass is 1260 g/mol. The minimum atomic E-state index is -4.64. The molecule has 2 unspecified atom stereocenters. The molecule has 0 radical (unpaired) electrons. The molecule has 0 rings (SSSR count). The Kier molecular flexibility index (Phi) is 69.1. The van der Waals surface area contributed by atoms with E-state index >= 15 is 0 Å². The summed E-state index contributed by atoms with van der Waals surface area (Å²) in [6, 6.07) is 0. The van der Waals surface area contributed by atoms with E-state index < -0.39 is 26.5 Å². The number of allylic oxidation sites excluding steroid dienone is 2. The summed E-state index contributed by atoms with van der Waals surface area (Å²) in [7, 11) is 1.20. The van der Waals surface area contributed by atoms with Gasteiger partial charge in [-0.3, -0.25) is 14.2 Å². The molecule has 524 valence electrons. The molecule has 0 fully saturated rings. The van der Waals surface area contributed by atoms with Gasteiger partial charge < -0.3 is 27.9 Å². The van der Waals surface area contributed by atoms with E-state index in [2.05, 4.69) is 26.0 Å². The lowest BCUT2D eigenvalue weighted by molar-refractivity contribution is -0.870. The first-order valence-electron chi connectivity index (χ1n) is 39.4. The molecule has 0 saturated heterocycles. The molecule has 0 aliphatic rings. The molecule has 0 aliphatic heterocycles. The number of phosphoric acid groups is 1. The summed E-state index contributed by atoms with van der Waals surface area (Å²) in [6.45, 7) is 4.34. The summed E-state index contributed by atoms with van der Waals surface area (Å²) in [5.41, 5.74) is 0. The SMILES string of the molecule is CCCCCCCCCC/C=C\CCCCCCCCCCCCCCCCCCCCCCCCCC(=O)OC(COC(=O)CCCCCCCCCCCCCCCCCCCCCCCCCCCCCCC)COP(=O)([O-])OCC[N+](C)(C)C. The van der Waals surface area contributed by atoms with Gasteiger partial charge in [0.25, 0.3) is 7.82 Å². The predicted molar refractivity (Wildman–Crippen MR) is 379 cm³/mol. The normalized spacial score (nSPS) is 13.0. The highest BCUT2D eigenvalue weighted by Crippen LogP contribution is 2.38.